The molecule has 2 heteroatoms. The first-order valence-electron chi connectivity index (χ1n) is 8.52. The molecular weight excluding hydrogens is 256 g/mol. The van der Waals surface area contributed by atoms with Gasteiger partial charge in [-0.2, -0.15) is 0 Å². The highest BCUT2D eigenvalue weighted by Crippen LogP contribution is 2.26. The highest BCUT2D eigenvalue weighted by atomic mass is 15.2. The van der Waals surface area contributed by atoms with Gasteiger partial charge in [0.25, 0.3) is 0 Å². The lowest BCUT2D eigenvalue weighted by atomic mass is 9.97. The molecule has 2 rings (SSSR count). The second-order valence-corrected chi connectivity index (χ2v) is 7.18. The fourth-order valence-corrected chi connectivity index (χ4v) is 3.46. The maximum atomic E-state index is 3.65. The van der Waals surface area contributed by atoms with Crippen LogP contribution in [0.25, 0.3) is 0 Å². The van der Waals surface area contributed by atoms with Crippen LogP contribution in [0, 0.1) is 19.8 Å². The Morgan fingerprint density at radius 2 is 2.00 bits per heavy atom. The fourth-order valence-electron chi connectivity index (χ4n) is 3.46. The zero-order valence-electron chi connectivity index (χ0n) is 14.4. The average molecular weight is 288 g/mol. The molecule has 1 saturated heterocycles. The minimum absolute atomic E-state index is 0.495. The van der Waals surface area contributed by atoms with Crippen molar-refractivity contribution in [1.82, 2.24) is 10.2 Å². The molecule has 0 aliphatic carbocycles. The molecule has 1 aliphatic rings. The normalized spacial score (nSPS) is 20.4. The lowest BCUT2D eigenvalue weighted by molar-refractivity contribution is 0.171. The molecule has 0 aromatic heterocycles. The highest BCUT2D eigenvalue weighted by Gasteiger charge is 2.23. The molecule has 118 valence electrons. The quantitative estimate of drug-likeness (QED) is 0.848. The van der Waals surface area contributed by atoms with Crippen LogP contribution in [-0.2, 0) is 0 Å². The standard InChI is InChI=1S/C19H32N2/c1-14(2)12-21(13-18-7-6-10-20-18)17(5)19-11-15(3)8-9-16(19)4/h8-9,11,14,17-18,20H,6-7,10,12-13H2,1-5H3. The van der Waals surface area contributed by atoms with Crippen LogP contribution in [0.1, 0.15) is 56.3 Å². The van der Waals surface area contributed by atoms with Gasteiger partial charge in [0.15, 0.2) is 0 Å². The van der Waals surface area contributed by atoms with Gasteiger partial charge in [-0.25, -0.2) is 0 Å². The molecule has 0 bridgehead atoms. The molecule has 1 aromatic carbocycles. The van der Waals surface area contributed by atoms with Crippen LogP contribution >= 0.6 is 0 Å². The molecule has 2 atom stereocenters. The van der Waals surface area contributed by atoms with Gasteiger partial charge in [-0.3, -0.25) is 4.90 Å². The Morgan fingerprint density at radius 1 is 1.24 bits per heavy atom. The Hall–Kier alpha value is -0.860. The van der Waals surface area contributed by atoms with Crippen molar-refractivity contribution >= 4 is 0 Å². The summed E-state index contributed by atoms with van der Waals surface area (Å²) < 4.78 is 0. The predicted octanol–water partition coefficient (Wildman–Crippen LogP) is 4.07. The van der Waals surface area contributed by atoms with Gasteiger partial charge in [-0.1, -0.05) is 37.6 Å². The average Bonchev–Trinajstić information content (AvgIpc) is 2.92. The van der Waals surface area contributed by atoms with E-state index in [0.717, 1.165) is 0 Å². The van der Waals surface area contributed by atoms with Crippen LogP contribution in [0.3, 0.4) is 0 Å². The third kappa shape index (κ3) is 4.55. The van der Waals surface area contributed by atoms with Crippen LogP contribution in [0.5, 0.6) is 0 Å². The summed E-state index contributed by atoms with van der Waals surface area (Å²) in [7, 11) is 0. The predicted molar refractivity (Wildman–Crippen MR) is 91.8 cm³/mol. The lowest BCUT2D eigenvalue weighted by Gasteiger charge is -2.34. The van der Waals surface area contributed by atoms with E-state index in [1.54, 1.807) is 0 Å². The van der Waals surface area contributed by atoms with Crippen molar-refractivity contribution < 1.29 is 0 Å². The van der Waals surface area contributed by atoms with Crippen molar-refractivity contribution in [1.29, 1.82) is 0 Å². The Bertz CT molecular complexity index is 447. The Kier molecular flexibility index (Phi) is 5.83. The number of hydrogen-bond donors (Lipinski definition) is 1. The van der Waals surface area contributed by atoms with Crippen molar-refractivity contribution in [3.63, 3.8) is 0 Å². The summed E-state index contributed by atoms with van der Waals surface area (Å²) in [6.45, 7) is 15.0. The first-order valence-corrected chi connectivity index (χ1v) is 8.52. The summed E-state index contributed by atoms with van der Waals surface area (Å²) in [5.41, 5.74) is 4.28. The molecule has 1 N–H and O–H groups in total. The zero-order valence-corrected chi connectivity index (χ0v) is 14.4. The monoisotopic (exact) mass is 288 g/mol. The van der Waals surface area contributed by atoms with Crippen LogP contribution in [0.4, 0.5) is 0 Å². The van der Waals surface area contributed by atoms with Crippen LogP contribution < -0.4 is 5.32 Å². The number of nitrogens with zero attached hydrogens (tertiary/aromatic N) is 1. The van der Waals surface area contributed by atoms with Crippen molar-refractivity contribution in [2.24, 2.45) is 5.92 Å². The van der Waals surface area contributed by atoms with Crippen molar-refractivity contribution in [2.45, 2.75) is 59.5 Å². The molecule has 21 heavy (non-hydrogen) atoms. The van der Waals surface area contributed by atoms with E-state index in [1.807, 2.05) is 0 Å². The van der Waals surface area contributed by atoms with E-state index in [-0.39, 0.29) is 0 Å². The maximum absolute atomic E-state index is 3.65. The summed E-state index contributed by atoms with van der Waals surface area (Å²) >= 11 is 0. The van der Waals surface area contributed by atoms with Crippen LogP contribution in [0.2, 0.25) is 0 Å². The summed E-state index contributed by atoms with van der Waals surface area (Å²) in [6, 6.07) is 8.03. The second kappa shape index (κ2) is 7.42. The summed E-state index contributed by atoms with van der Waals surface area (Å²) in [6.07, 6.45) is 2.66. The van der Waals surface area contributed by atoms with Gasteiger partial charge in [0, 0.05) is 25.2 Å². The van der Waals surface area contributed by atoms with E-state index < -0.39 is 0 Å². The summed E-state index contributed by atoms with van der Waals surface area (Å²) in [4.78, 5) is 2.68. The smallest absolute Gasteiger partial charge is 0.0323 e. The third-order valence-electron chi connectivity index (χ3n) is 4.65. The first-order chi connectivity index (χ1) is 9.97. The van der Waals surface area contributed by atoms with E-state index in [0.29, 0.717) is 18.0 Å². The zero-order chi connectivity index (χ0) is 15.4. The van der Waals surface area contributed by atoms with Crippen LogP contribution in [0.15, 0.2) is 18.2 Å². The van der Waals surface area contributed by atoms with E-state index in [9.17, 15) is 0 Å². The van der Waals surface area contributed by atoms with E-state index in [2.05, 4.69) is 63.0 Å². The molecule has 1 aromatic rings. The lowest BCUT2D eigenvalue weighted by Crippen LogP contribution is -2.40. The van der Waals surface area contributed by atoms with E-state index >= 15 is 0 Å². The molecule has 2 nitrogen and oxygen atoms in total. The molecular formula is C19H32N2. The molecule has 0 radical (unpaired) electrons. The molecule has 0 spiro atoms. The molecule has 1 aliphatic heterocycles. The number of rotatable bonds is 6. The fraction of sp³-hybridized carbons (Fsp3) is 0.684. The molecule has 1 fully saturated rings. The van der Waals surface area contributed by atoms with Crippen LogP contribution in [-0.4, -0.2) is 30.6 Å². The van der Waals surface area contributed by atoms with E-state index in [4.69, 9.17) is 0 Å². The van der Waals surface area contributed by atoms with Crippen molar-refractivity contribution in [2.75, 3.05) is 19.6 Å². The minimum Gasteiger partial charge on any atom is -0.313 e. The number of hydrogen-bond acceptors (Lipinski definition) is 2. The van der Waals surface area contributed by atoms with Gasteiger partial charge >= 0.3 is 0 Å². The number of benzene rings is 1. The summed E-state index contributed by atoms with van der Waals surface area (Å²) in [5, 5.41) is 3.65. The first kappa shape index (κ1) is 16.5. The van der Waals surface area contributed by atoms with Gasteiger partial charge in [0.1, 0.15) is 0 Å². The minimum atomic E-state index is 0.495. The number of nitrogens with one attached hydrogen (secondary N) is 1. The topological polar surface area (TPSA) is 15.3 Å². The Labute approximate surface area is 130 Å². The maximum Gasteiger partial charge on any atom is 0.0323 e. The van der Waals surface area contributed by atoms with Gasteiger partial charge in [-0.15, -0.1) is 0 Å². The molecule has 0 amide bonds. The number of aryl methyl sites for hydroxylation is 2. The SMILES string of the molecule is Cc1ccc(C)c(C(C)N(CC(C)C)CC2CCCN2)c1. The Morgan fingerprint density at radius 3 is 2.62 bits per heavy atom. The molecule has 2 unspecified atom stereocenters. The van der Waals surface area contributed by atoms with Gasteiger partial charge in [0.2, 0.25) is 0 Å². The van der Waals surface area contributed by atoms with Gasteiger partial charge in [0.05, 0.1) is 0 Å². The Balaban J connectivity index is 2.15. The summed E-state index contributed by atoms with van der Waals surface area (Å²) in [5.74, 6) is 0.707. The highest BCUT2D eigenvalue weighted by molar-refractivity contribution is 5.32. The van der Waals surface area contributed by atoms with Crippen molar-refractivity contribution in [3.8, 4) is 0 Å². The van der Waals surface area contributed by atoms with Gasteiger partial charge < -0.3 is 5.32 Å². The third-order valence-corrected chi connectivity index (χ3v) is 4.65. The van der Waals surface area contributed by atoms with Gasteiger partial charge in [-0.05, 0) is 57.2 Å². The van der Waals surface area contributed by atoms with E-state index in [1.165, 1.54) is 49.2 Å². The second-order valence-electron chi connectivity index (χ2n) is 7.18. The molecule has 1 heterocycles. The molecule has 0 saturated carbocycles. The largest absolute Gasteiger partial charge is 0.313 e. The van der Waals surface area contributed by atoms with Crippen molar-refractivity contribution in [3.05, 3.63) is 34.9 Å².